The number of amides is 1. The van der Waals surface area contributed by atoms with E-state index in [1.165, 1.54) is 0 Å². The summed E-state index contributed by atoms with van der Waals surface area (Å²) >= 11 is 0. The maximum absolute atomic E-state index is 12.2. The number of piperidine rings is 1. The fourth-order valence-corrected chi connectivity index (χ4v) is 2.71. The molecule has 1 N–H and O–H groups in total. The average molecular weight is 285 g/mol. The molecule has 112 valence electrons. The van der Waals surface area contributed by atoms with E-state index in [1.54, 1.807) is 0 Å². The molecule has 4 heteroatoms. The number of nitriles is 1. The van der Waals surface area contributed by atoms with Crippen molar-refractivity contribution in [3.8, 4) is 6.07 Å². The van der Waals surface area contributed by atoms with Gasteiger partial charge in [0, 0.05) is 25.3 Å². The predicted octanol–water partition coefficient (Wildman–Crippen LogP) is 2.69. The van der Waals surface area contributed by atoms with Crippen LogP contribution >= 0.6 is 0 Å². The predicted molar refractivity (Wildman–Crippen MR) is 84.0 cm³/mol. The number of benzene rings is 1. The summed E-state index contributed by atoms with van der Waals surface area (Å²) in [6.07, 6.45) is 4.14. The van der Waals surface area contributed by atoms with Crippen molar-refractivity contribution in [3.05, 3.63) is 29.8 Å². The molecule has 0 radical (unpaired) electrons. The molecule has 0 bridgehead atoms. The van der Waals surface area contributed by atoms with E-state index in [1.807, 2.05) is 24.3 Å². The van der Waals surface area contributed by atoms with Gasteiger partial charge in [-0.15, -0.1) is 0 Å². The molecule has 4 nitrogen and oxygen atoms in total. The summed E-state index contributed by atoms with van der Waals surface area (Å²) < 4.78 is 0. The average Bonchev–Trinajstić information content (AvgIpc) is 2.55. The molecule has 1 saturated heterocycles. The highest BCUT2D eigenvalue weighted by molar-refractivity contribution is 5.79. The number of rotatable bonds is 5. The van der Waals surface area contributed by atoms with Gasteiger partial charge < -0.3 is 10.2 Å². The molecule has 1 atom stereocenters. The number of carbonyl (C=O) groups is 1. The Balaban J connectivity index is 1.93. The van der Waals surface area contributed by atoms with Crippen molar-refractivity contribution < 1.29 is 4.79 Å². The molecule has 1 aromatic carbocycles. The van der Waals surface area contributed by atoms with E-state index < -0.39 is 0 Å². The number of anilines is 1. The van der Waals surface area contributed by atoms with Gasteiger partial charge in [0.15, 0.2) is 0 Å². The first-order chi connectivity index (χ1) is 10.2. The SMILES string of the molecule is CCCCNC(=O)C1CCCN(c2ccc(C#N)cc2)C1. The first kappa shape index (κ1) is 15.4. The fourth-order valence-electron chi connectivity index (χ4n) is 2.71. The van der Waals surface area contributed by atoms with Crippen molar-refractivity contribution in [2.45, 2.75) is 32.6 Å². The Bertz CT molecular complexity index is 504. The van der Waals surface area contributed by atoms with Gasteiger partial charge in [-0.3, -0.25) is 4.79 Å². The highest BCUT2D eigenvalue weighted by Crippen LogP contribution is 2.23. The van der Waals surface area contributed by atoms with Crippen molar-refractivity contribution >= 4 is 11.6 Å². The van der Waals surface area contributed by atoms with Gasteiger partial charge in [-0.25, -0.2) is 0 Å². The largest absolute Gasteiger partial charge is 0.371 e. The summed E-state index contributed by atoms with van der Waals surface area (Å²) in [4.78, 5) is 14.4. The smallest absolute Gasteiger partial charge is 0.224 e. The molecule has 21 heavy (non-hydrogen) atoms. The van der Waals surface area contributed by atoms with Gasteiger partial charge in [0.05, 0.1) is 17.6 Å². The van der Waals surface area contributed by atoms with E-state index in [-0.39, 0.29) is 11.8 Å². The highest BCUT2D eigenvalue weighted by atomic mass is 16.1. The minimum atomic E-state index is 0.0752. The van der Waals surface area contributed by atoms with Crippen LogP contribution in [-0.2, 0) is 4.79 Å². The molecule has 1 fully saturated rings. The van der Waals surface area contributed by atoms with Gasteiger partial charge in [0.1, 0.15) is 0 Å². The third-order valence-corrected chi connectivity index (χ3v) is 3.98. The molecule has 0 aromatic heterocycles. The van der Waals surface area contributed by atoms with Gasteiger partial charge in [0.25, 0.3) is 0 Å². The summed E-state index contributed by atoms with van der Waals surface area (Å²) in [6, 6.07) is 9.73. The number of carbonyl (C=O) groups excluding carboxylic acids is 1. The molecule has 1 unspecified atom stereocenters. The lowest BCUT2D eigenvalue weighted by Crippen LogP contribution is -2.43. The third kappa shape index (κ3) is 4.22. The van der Waals surface area contributed by atoms with Crippen LogP contribution in [0.3, 0.4) is 0 Å². The number of hydrogen-bond donors (Lipinski definition) is 1. The maximum atomic E-state index is 12.2. The van der Waals surface area contributed by atoms with Gasteiger partial charge in [-0.2, -0.15) is 5.26 Å². The molecule has 2 rings (SSSR count). The molecule has 0 saturated carbocycles. The van der Waals surface area contributed by atoms with Crippen molar-refractivity contribution in [2.24, 2.45) is 5.92 Å². The van der Waals surface area contributed by atoms with Crippen LogP contribution in [0.25, 0.3) is 0 Å². The zero-order valence-electron chi connectivity index (χ0n) is 12.6. The third-order valence-electron chi connectivity index (χ3n) is 3.98. The molecule has 1 amide bonds. The number of unbranched alkanes of at least 4 members (excludes halogenated alkanes) is 1. The van der Waals surface area contributed by atoms with Crippen LogP contribution in [-0.4, -0.2) is 25.5 Å². The monoisotopic (exact) mass is 285 g/mol. The lowest BCUT2D eigenvalue weighted by molar-refractivity contribution is -0.125. The van der Waals surface area contributed by atoms with Crippen molar-refractivity contribution in [1.82, 2.24) is 5.32 Å². The van der Waals surface area contributed by atoms with Gasteiger partial charge >= 0.3 is 0 Å². The first-order valence-electron chi connectivity index (χ1n) is 7.77. The number of hydrogen-bond acceptors (Lipinski definition) is 3. The molecule has 1 heterocycles. The standard InChI is InChI=1S/C17H23N3O/c1-2-3-10-19-17(21)15-5-4-11-20(13-15)16-8-6-14(12-18)7-9-16/h6-9,15H,2-5,10-11,13H2,1H3,(H,19,21). The normalized spacial score (nSPS) is 18.1. The summed E-state index contributed by atoms with van der Waals surface area (Å²) in [7, 11) is 0. The zero-order valence-corrected chi connectivity index (χ0v) is 12.6. The van der Waals surface area contributed by atoms with Gasteiger partial charge in [-0.05, 0) is 43.5 Å². The molecule has 1 aliphatic heterocycles. The quantitative estimate of drug-likeness (QED) is 0.846. The van der Waals surface area contributed by atoms with Crippen LogP contribution in [0.5, 0.6) is 0 Å². The van der Waals surface area contributed by atoms with E-state index >= 15 is 0 Å². The molecular formula is C17H23N3O. The van der Waals surface area contributed by atoms with Crippen LogP contribution in [0.15, 0.2) is 24.3 Å². The minimum absolute atomic E-state index is 0.0752. The molecule has 0 aliphatic carbocycles. The summed E-state index contributed by atoms with van der Waals surface area (Å²) in [6.45, 7) is 4.65. The summed E-state index contributed by atoms with van der Waals surface area (Å²) in [5.74, 6) is 0.257. The molecule has 1 aliphatic rings. The van der Waals surface area contributed by atoms with E-state index in [2.05, 4.69) is 23.2 Å². The van der Waals surface area contributed by atoms with Crippen molar-refractivity contribution in [1.29, 1.82) is 5.26 Å². The van der Waals surface area contributed by atoms with Crippen LogP contribution in [0.4, 0.5) is 5.69 Å². The second kappa shape index (κ2) is 7.68. The van der Waals surface area contributed by atoms with Crippen LogP contribution in [0, 0.1) is 17.2 Å². The Kier molecular flexibility index (Phi) is 5.62. The maximum Gasteiger partial charge on any atom is 0.224 e. The van der Waals surface area contributed by atoms with Crippen molar-refractivity contribution in [3.63, 3.8) is 0 Å². The van der Waals surface area contributed by atoms with Crippen LogP contribution in [0.1, 0.15) is 38.2 Å². The Labute approximate surface area is 126 Å². The number of nitrogens with one attached hydrogen (secondary N) is 1. The second-order valence-electron chi connectivity index (χ2n) is 5.59. The Hall–Kier alpha value is -2.02. The molecule has 0 spiro atoms. The lowest BCUT2D eigenvalue weighted by Gasteiger charge is -2.33. The topological polar surface area (TPSA) is 56.1 Å². The number of nitrogens with zero attached hydrogens (tertiary/aromatic N) is 2. The molecular weight excluding hydrogens is 262 g/mol. The molecule has 1 aromatic rings. The van der Waals surface area contributed by atoms with Gasteiger partial charge in [0.2, 0.25) is 5.91 Å². The first-order valence-corrected chi connectivity index (χ1v) is 7.77. The van der Waals surface area contributed by atoms with Crippen molar-refractivity contribution in [2.75, 3.05) is 24.5 Å². The van der Waals surface area contributed by atoms with E-state index in [4.69, 9.17) is 5.26 Å². The van der Waals surface area contributed by atoms with Crippen LogP contribution in [0.2, 0.25) is 0 Å². The Morgan fingerprint density at radius 3 is 2.86 bits per heavy atom. The van der Waals surface area contributed by atoms with Crippen LogP contribution < -0.4 is 10.2 Å². The van der Waals surface area contributed by atoms with Gasteiger partial charge in [-0.1, -0.05) is 13.3 Å². The fraction of sp³-hybridized carbons (Fsp3) is 0.529. The van der Waals surface area contributed by atoms with E-state index in [0.29, 0.717) is 5.56 Å². The Morgan fingerprint density at radius 1 is 1.43 bits per heavy atom. The minimum Gasteiger partial charge on any atom is -0.371 e. The highest BCUT2D eigenvalue weighted by Gasteiger charge is 2.25. The summed E-state index contributed by atoms with van der Waals surface area (Å²) in [5.41, 5.74) is 1.77. The zero-order chi connectivity index (χ0) is 15.1. The van der Waals surface area contributed by atoms with E-state index in [0.717, 1.165) is 51.0 Å². The Morgan fingerprint density at radius 2 is 2.19 bits per heavy atom. The summed E-state index contributed by atoms with van der Waals surface area (Å²) in [5, 5.41) is 11.9. The van der Waals surface area contributed by atoms with E-state index in [9.17, 15) is 4.79 Å². The second-order valence-corrected chi connectivity index (χ2v) is 5.59. The lowest BCUT2D eigenvalue weighted by atomic mass is 9.96.